The maximum Gasteiger partial charge on any atom is 0.237 e. The molecule has 2 N–H and O–H groups in total. The Morgan fingerprint density at radius 1 is 1.29 bits per heavy atom. The van der Waals surface area contributed by atoms with Crippen LogP contribution in [0.3, 0.4) is 0 Å². The predicted molar refractivity (Wildman–Crippen MR) is 71.0 cm³/mol. The first-order valence-electron chi connectivity index (χ1n) is 6.51. The fraction of sp³-hybridized carbons (Fsp3) is 0.923. The van der Waals surface area contributed by atoms with Gasteiger partial charge in [0.05, 0.1) is 6.04 Å². The molecule has 1 fully saturated rings. The third-order valence-corrected chi connectivity index (χ3v) is 3.01. The summed E-state index contributed by atoms with van der Waals surface area (Å²) in [6.45, 7) is 14.2. The zero-order chi connectivity index (χ0) is 13.2. The summed E-state index contributed by atoms with van der Waals surface area (Å²) in [4.78, 5) is 14.4. The molecule has 1 heterocycles. The molecule has 0 spiro atoms. The first kappa shape index (κ1) is 14.5. The smallest absolute Gasteiger partial charge is 0.237 e. The lowest BCUT2D eigenvalue weighted by Crippen LogP contribution is -2.60. The standard InChI is InChI=1S/C13H27N3O/c1-9-7-16(8-10(2)14-9)11(3)12(17)15-13(4,5)6/h9-11,14H,7-8H2,1-6H3,(H,15,17). The zero-order valence-electron chi connectivity index (χ0n) is 12.0. The Morgan fingerprint density at radius 3 is 2.18 bits per heavy atom. The Morgan fingerprint density at radius 2 is 1.76 bits per heavy atom. The number of hydrogen-bond acceptors (Lipinski definition) is 3. The van der Waals surface area contributed by atoms with Gasteiger partial charge in [0, 0.05) is 30.7 Å². The van der Waals surface area contributed by atoms with Crippen LogP contribution in [0, 0.1) is 0 Å². The third-order valence-electron chi connectivity index (χ3n) is 3.01. The molecule has 1 aliphatic heterocycles. The largest absolute Gasteiger partial charge is 0.350 e. The minimum Gasteiger partial charge on any atom is -0.350 e. The molecular weight excluding hydrogens is 214 g/mol. The molecule has 1 amide bonds. The van der Waals surface area contributed by atoms with E-state index >= 15 is 0 Å². The third kappa shape index (κ3) is 4.64. The second kappa shape index (κ2) is 5.36. The quantitative estimate of drug-likeness (QED) is 0.757. The van der Waals surface area contributed by atoms with E-state index in [1.54, 1.807) is 0 Å². The summed E-state index contributed by atoms with van der Waals surface area (Å²) in [6, 6.07) is 0.841. The molecule has 1 aliphatic rings. The van der Waals surface area contributed by atoms with Crippen LogP contribution < -0.4 is 10.6 Å². The van der Waals surface area contributed by atoms with Crippen molar-refractivity contribution in [2.75, 3.05) is 13.1 Å². The summed E-state index contributed by atoms with van der Waals surface area (Å²) < 4.78 is 0. The lowest BCUT2D eigenvalue weighted by atomic mass is 10.1. The Kier molecular flexibility index (Phi) is 4.55. The average molecular weight is 241 g/mol. The molecule has 100 valence electrons. The topological polar surface area (TPSA) is 44.4 Å². The normalized spacial score (nSPS) is 28.8. The Bertz CT molecular complexity index is 262. The minimum atomic E-state index is -0.156. The number of hydrogen-bond donors (Lipinski definition) is 2. The predicted octanol–water partition coefficient (Wildman–Crippen LogP) is 0.972. The number of piperazine rings is 1. The van der Waals surface area contributed by atoms with Crippen molar-refractivity contribution >= 4 is 5.91 Å². The van der Waals surface area contributed by atoms with Gasteiger partial charge in [-0.1, -0.05) is 0 Å². The summed E-state index contributed by atoms with van der Waals surface area (Å²) in [5, 5.41) is 6.52. The average Bonchev–Trinajstić information content (AvgIpc) is 2.12. The van der Waals surface area contributed by atoms with Gasteiger partial charge in [-0.15, -0.1) is 0 Å². The first-order chi connectivity index (χ1) is 7.69. The van der Waals surface area contributed by atoms with E-state index in [1.807, 2.05) is 27.7 Å². The Hall–Kier alpha value is -0.610. The summed E-state index contributed by atoms with van der Waals surface area (Å²) in [5.41, 5.74) is -0.156. The molecule has 0 aromatic heterocycles. The van der Waals surface area contributed by atoms with Crippen molar-refractivity contribution in [3.8, 4) is 0 Å². The Labute approximate surface area is 105 Å². The van der Waals surface area contributed by atoms with Crippen molar-refractivity contribution in [3.05, 3.63) is 0 Å². The van der Waals surface area contributed by atoms with Crippen LogP contribution in [0.2, 0.25) is 0 Å². The van der Waals surface area contributed by atoms with E-state index < -0.39 is 0 Å². The van der Waals surface area contributed by atoms with Crippen molar-refractivity contribution < 1.29 is 4.79 Å². The van der Waals surface area contributed by atoms with E-state index in [2.05, 4.69) is 29.4 Å². The molecule has 0 aromatic rings. The van der Waals surface area contributed by atoms with Gasteiger partial charge in [0.15, 0.2) is 0 Å². The highest BCUT2D eigenvalue weighted by Gasteiger charge is 2.29. The van der Waals surface area contributed by atoms with E-state index in [-0.39, 0.29) is 17.5 Å². The first-order valence-corrected chi connectivity index (χ1v) is 6.51. The van der Waals surface area contributed by atoms with Crippen LogP contribution >= 0.6 is 0 Å². The van der Waals surface area contributed by atoms with E-state index in [4.69, 9.17) is 0 Å². The molecule has 4 nitrogen and oxygen atoms in total. The number of amides is 1. The maximum atomic E-state index is 12.1. The van der Waals surface area contributed by atoms with Gasteiger partial charge in [0.25, 0.3) is 0 Å². The number of rotatable bonds is 2. The minimum absolute atomic E-state index is 0.0544. The lowest BCUT2D eigenvalue weighted by molar-refractivity contribution is -0.128. The molecule has 3 unspecified atom stereocenters. The van der Waals surface area contributed by atoms with Crippen LogP contribution in [0.5, 0.6) is 0 Å². The van der Waals surface area contributed by atoms with Crippen LogP contribution in [0.1, 0.15) is 41.5 Å². The summed E-state index contributed by atoms with van der Waals surface area (Å²) in [5.74, 6) is 0.124. The highest BCUT2D eigenvalue weighted by Crippen LogP contribution is 2.10. The van der Waals surface area contributed by atoms with Crippen LogP contribution in [0.15, 0.2) is 0 Å². The second-order valence-electron chi connectivity index (χ2n) is 6.34. The van der Waals surface area contributed by atoms with Crippen molar-refractivity contribution in [1.82, 2.24) is 15.5 Å². The molecule has 1 rings (SSSR count). The van der Waals surface area contributed by atoms with Crippen molar-refractivity contribution in [3.63, 3.8) is 0 Å². The second-order valence-corrected chi connectivity index (χ2v) is 6.34. The van der Waals surface area contributed by atoms with E-state index in [0.717, 1.165) is 13.1 Å². The van der Waals surface area contributed by atoms with Gasteiger partial charge in [-0.2, -0.15) is 0 Å². The summed E-state index contributed by atoms with van der Waals surface area (Å²) in [7, 11) is 0. The fourth-order valence-electron chi connectivity index (χ4n) is 2.33. The zero-order valence-corrected chi connectivity index (χ0v) is 12.0. The van der Waals surface area contributed by atoms with Crippen LogP contribution in [0.25, 0.3) is 0 Å². The molecule has 1 saturated heterocycles. The van der Waals surface area contributed by atoms with Crippen LogP contribution in [-0.4, -0.2) is 47.6 Å². The highest BCUT2D eigenvalue weighted by atomic mass is 16.2. The monoisotopic (exact) mass is 241 g/mol. The molecule has 0 aliphatic carbocycles. The van der Waals surface area contributed by atoms with Gasteiger partial charge in [-0.05, 0) is 41.5 Å². The SMILES string of the molecule is CC1CN(C(C)C(=O)NC(C)(C)C)CC(C)N1. The number of nitrogens with one attached hydrogen (secondary N) is 2. The van der Waals surface area contributed by atoms with Crippen molar-refractivity contribution in [2.24, 2.45) is 0 Å². The fourth-order valence-corrected chi connectivity index (χ4v) is 2.33. The van der Waals surface area contributed by atoms with Crippen molar-refractivity contribution in [1.29, 1.82) is 0 Å². The number of carbonyl (C=O) groups excluding carboxylic acids is 1. The van der Waals surface area contributed by atoms with Gasteiger partial charge >= 0.3 is 0 Å². The van der Waals surface area contributed by atoms with Gasteiger partial charge in [-0.25, -0.2) is 0 Å². The van der Waals surface area contributed by atoms with Gasteiger partial charge in [0.2, 0.25) is 5.91 Å². The number of carbonyl (C=O) groups is 1. The van der Waals surface area contributed by atoms with E-state index in [1.165, 1.54) is 0 Å². The van der Waals surface area contributed by atoms with Gasteiger partial charge < -0.3 is 10.6 Å². The van der Waals surface area contributed by atoms with Crippen molar-refractivity contribution in [2.45, 2.75) is 65.2 Å². The highest BCUT2D eigenvalue weighted by molar-refractivity contribution is 5.81. The maximum absolute atomic E-state index is 12.1. The molecule has 3 atom stereocenters. The lowest BCUT2D eigenvalue weighted by Gasteiger charge is -2.39. The molecule has 0 bridgehead atoms. The molecule has 0 aromatic carbocycles. The van der Waals surface area contributed by atoms with Crippen LogP contribution in [-0.2, 0) is 4.79 Å². The molecule has 0 radical (unpaired) electrons. The van der Waals surface area contributed by atoms with Gasteiger partial charge in [-0.3, -0.25) is 9.69 Å². The van der Waals surface area contributed by atoms with Gasteiger partial charge in [0.1, 0.15) is 0 Å². The number of nitrogens with zero attached hydrogens (tertiary/aromatic N) is 1. The Balaban J connectivity index is 2.57. The van der Waals surface area contributed by atoms with Crippen LogP contribution in [0.4, 0.5) is 0 Å². The molecule has 4 heteroatoms. The summed E-state index contributed by atoms with van der Waals surface area (Å²) in [6.07, 6.45) is 0. The van der Waals surface area contributed by atoms with E-state index in [9.17, 15) is 4.79 Å². The molecule has 17 heavy (non-hydrogen) atoms. The summed E-state index contributed by atoms with van der Waals surface area (Å²) >= 11 is 0. The molecule has 0 saturated carbocycles. The molecular formula is C13H27N3O. The van der Waals surface area contributed by atoms with E-state index in [0.29, 0.717) is 12.1 Å².